The molecule has 4 nitrogen and oxygen atoms in total. The third-order valence-corrected chi connectivity index (χ3v) is 2.28. The fraction of sp³-hybridized carbons (Fsp3) is 0.900. The first-order valence-electron chi connectivity index (χ1n) is 5.28. The molecule has 0 radical (unpaired) electrons. The van der Waals surface area contributed by atoms with E-state index in [9.17, 15) is 0 Å². The summed E-state index contributed by atoms with van der Waals surface area (Å²) in [5.74, 6) is 0. The average molecular weight is 234 g/mol. The maximum Gasteiger partial charge on any atom is 0.166 e. The lowest BCUT2D eigenvalue weighted by Crippen LogP contribution is -2.41. The van der Waals surface area contributed by atoms with Gasteiger partial charge >= 0.3 is 0 Å². The molecule has 0 amide bonds. The summed E-state index contributed by atoms with van der Waals surface area (Å²) in [4.78, 5) is 0. The molecule has 0 rings (SSSR count). The molecular weight excluding hydrogens is 212 g/mol. The van der Waals surface area contributed by atoms with Gasteiger partial charge in [0.2, 0.25) is 0 Å². The zero-order valence-corrected chi connectivity index (χ0v) is 10.7. The van der Waals surface area contributed by atoms with Crippen molar-refractivity contribution in [3.05, 3.63) is 0 Å². The summed E-state index contributed by atoms with van der Waals surface area (Å²) >= 11 is 5.10. The summed E-state index contributed by atoms with van der Waals surface area (Å²) < 4.78 is 10.2. The van der Waals surface area contributed by atoms with Crippen molar-refractivity contribution in [2.24, 2.45) is 0 Å². The molecule has 0 aromatic heterocycles. The van der Waals surface area contributed by atoms with E-state index in [1.807, 2.05) is 0 Å². The molecular formula is C10H22N2O2S. The highest BCUT2D eigenvalue weighted by Crippen LogP contribution is 1.88. The first kappa shape index (κ1) is 14.6. The molecule has 0 aromatic carbocycles. The number of rotatable bonds is 8. The van der Waals surface area contributed by atoms with Crippen LogP contribution in [0.5, 0.6) is 0 Å². The Morgan fingerprint density at radius 3 is 2.60 bits per heavy atom. The number of ether oxygens (including phenoxy) is 2. The molecule has 0 aliphatic rings. The van der Waals surface area contributed by atoms with Gasteiger partial charge in [0.05, 0.1) is 12.7 Å². The van der Waals surface area contributed by atoms with E-state index in [0.717, 1.165) is 13.0 Å². The molecule has 0 spiro atoms. The maximum atomic E-state index is 5.19. The van der Waals surface area contributed by atoms with Crippen LogP contribution in [0.1, 0.15) is 19.8 Å². The number of methoxy groups -OCH3 is 2. The van der Waals surface area contributed by atoms with Crippen molar-refractivity contribution in [2.75, 3.05) is 33.9 Å². The van der Waals surface area contributed by atoms with Crippen LogP contribution >= 0.6 is 12.2 Å². The van der Waals surface area contributed by atoms with Crippen LogP contribution in [0.2, 0.25) is 0 Å². The van der Waals surface area contributed by atoms with Crippen molar-refractivity contribution >= 4 is 17.3 Å². The van der Waals surface area contributed by atoms with Gasteiger partial charge in [0, 0.05) is 27.3 Å². The molecule has 0 aliphatic heterocycles. The van der Waals surface area contributed by atoms with E-state index >= 15 is 0 Å². The molecule has 1 atom stereocenters. The molecule has 0 bridgehead atoms. The topological polar surface area (TPSA) is 42.5 Å². The minimum Gasteiger partial charge on any atom is -0.382 e. The minimum atomic E-state index is 0.0425. The SMILES string of the molecule is CCCCNC(=S)NCC(COC)OC. The van der Waals surface area contributed by atoms with Crippen LogP contribution in [0.3, 0.4) is 0 Å². The smallest absolute Gasteiger partial charge is 0.166 e. The predicted octanol–water partition coefficient (Wildman–Crippen LogP) is 0.912. The highest BCUT2D eigenvalue weighted by atomic mass is 32.1. The van der Waals surface area contributed by atoms with Crippen molar-refractivity contribution in [1.29, 1.82) is 0 Å². The molecule has 15 heavy (non-hydrogen) atoms. The molecule has 0 fully saturated rings. The summed E-state index contributed by atoms with van der Waals surface area (Å²) in [6.45, 7) is 4.31. The third kappa shape index (κ3) is 8.59. The summed E-state index contributed by atoms with van der Waals surface area (Å²) in [5, 5.41) is 6.90. The van der Waals surface area contributed by atoms with Gasteiger partial charge in [0.1, 0.15) is 0 Å². The number of hydrogen-bond acceptors (Lipinski definition) is 3. The standard InChI is InChI=1S/C10H22N2O2S/c1-4-5-6-11-10(15)12-7-9(14-3)8-13-2/h9H,4-8H2,1-3H3,(H2,11,12,15). The first-order valence-corrected chi connectivity index (χ1v) is 5.68. The minimum absolute atomic E-state index is 0.0425. The highest BCUT2D eigenvalue weighted by molar-refractivity contribution is 7.80. The highest BCUT2D eigenvalue weighted by Gasteiger charge is 2.06. The Morgan fingerprint density at radius 1 is 1.33 bits per heavy atom. The van der Waals surface area contributed by atoms with Gasteiger partial charge in [-0.15, -0.1) is 0 Å². The Bertz CT molecular complexity index is 168. The van der Waals surface area contributed by atoms with E-state index in [2.05, 4.69) is 17.6 Å². The number of unbranched alkanes of at least 4 members (excludes halogenated alkanes) is 1. The molecule has 0 aliphatic carbocycles. The van der Waals surface area contributed by atoms with E-state index in [1.54, 1.807) is 14.2 Å². The van der Waals surface area contributed by atoms with Crippen LogP contribution in [-0.2, 0) is 9.47 Å². The first-order chi connectivity index (χ1) is 7.24. The Labute approximate surface area is 97.7 Å². The molecule has 0 aromatic rings. The van der Waals surface area contributed by atoms with Crippen molar-refractivity contribution in [3.8, 4) is 0 Å². The largest absolute Gasteiger partial charge is 0.382 e. The van der Waals surface area contributed by atoms with Crippen LogP contribution in [0.25, 0.3) is 0 Å². The van der Waals surface area contributed by atoms with Crippen LogP contribution in [0.4, 0.5) is 0 Å². The Kier molecular flexibility index (Phi) is 9.88. The lowest BCUT2D eigenvalue weighted by atomic mass is 10.3. The van der Waals surface area contributed by atoms with E-state index in [-0.39, 0.29) is 6.10 Å². The zero-order valence-electron chi connectivity index (χ0n) is 9.84. The molecule has 2 N–H and O–H groups in total. The Morgan fingerprint density at radius 2 is 2.07 bits per heavy atom. The summed E-state index contributed by atoms with van der Waals surface area (Å²) in [7, 11) is 3.32. The zero-order chi connectivity index (χ0) is 11.5. The normalized spacial score (nSPS) is 12.2. The van der Waals surface area contributed by atoms with Crippen LogP contribution < -0.4 is 10.6 Å². The van der Waals surface area contributed by atoms with E-state index < -0.39 is 0 Å². The van der Waals surface area contributed by atoms with E-state index in [1.165, 1.54) is 6.42 Å². The fourth-order valence-electron chi connectivity index (χ4n) is 1.04. The second-order valence-electron chi connectivity index (χ2n) is 3.30. The molecule has 0 saturated heterocycles. The van der Waals surface area contributed by atoms with Crippen molar-refractivity contribution in [2.45, 2.75) is 25.9 Å². The molecule has 90 valence electrons. The second-order valence-corrected chi connectivity index (χ2v) is 3.71. The van der Waals surface area contributed by atoms with Crippen molar-refractivity contribution < 1.29 is 9.47 Å². The Hall–Kier alpha value is -0.390. The molecule has 1 unspecified atom stereocenters. The Balaban J connectivity index is 3.50. The van der Waals surface area contributed by atoms with Gasteiger partial charge in [-0.2, -0.15) is 0 Å². The van der Waals surface area contributed by atoms with Crippen LogP contribution in [-0.4, -0.2) is 45.1 Å². The molecule has 0 heterocycles. The lowest BCUT2D eigenvalue weighted by molar-refractivity contribution is 0.0315. The van der Waals surface area contributed by atoms with Gasteiger partial charge in [0.15, 0.2) is 5.11 Å². The quantitative estimate of drug-likeness (QED) is 0.483. The summed E-state index contributed by atoms with van der Waals surface area (Å²) in [6.07, 6.45) is 2.34. The fourth-order valence-corrected chi connectivity index (χ4v) is 1.23. The average Bonchev–Trinajstić information content (AvgIpc) is 2.24. The van der Waals surface area contributed by atoms with Crippen molar-refractivity contribution in [3.63, 3.8) is 0 Å². The number of hydrogen-bond donors (Lipinski definition) is 2. The van der Waals surface area contributed by atoms with Gasteiger partial charge < -0.3 is 20.1 Å². The molecule has 5 heteroatoms. The monoisotopic (exact) mass is 234 g/mol. The third-order valence-electron chi connectivity index (χ3n) is 1.99. The second kappa shape index (κ2) is 10.1. The number of thiocarbonyl (C=S) groups is 1. The van der Waals surface area contributed by atoms with Gasteiger partial charge in [-0.3, -0.25) is 0 Å². The summed E-state index contributed by atoms with van der Waals surface area (Å²) in [5.41, 5.74) is 0. The van der Waals surface area contributed by atoms with Gasteiger partial charge in [-0.1, -0.05) is 13.3 Å². The number of nitrogens with one attached hydrogen (secondary N) is 2. The van der Waals surface area contributed by atoms with Crippen LogP contribution in [0, 0.1) is 0 Å². The van der Waals surface area contributed by atoms with E-state index in [4.69, 9.17) is 21.7 Å². The van der Waals surface area contributed by atoms with Gasteiger partial charge in [0.25, 0.3) is 0 Å². The van der Waals surface area contributed by atoms with Gasteiger partial charge in [-0.05, 0) is 18.6 Å². The summed E-state index contributed by atoms with van der Waals surface area (Å²) in [6, 6.07) is 0. The lowest BCUT2D eigenvalue weighted by Gasteiger charge is -2.16. The molecule has 0 saturated carbocycles. The maximum absolute atomic E-state index is 5.19. The predicted molar refractivity (Wildman–Crippen MR) is 66.2 cm³/mol. The van der Waals surface area contributed by atoms with Crippen molar-refractivity contribution in [1.82, 2.24) is 10.6 Å². The van der Waals surface area contributed by atoms with Gasteiger partial charge in [-0.25, -0.2) is 0 Å². The van der Waals surface area contributed by atoms with E-state index in [0.29, 0.717) is 18.3 Å². The van der Waals surface area contributed by atoms with Crippen LogP contribution in [0.15, 0.2) is 0 Å².